The second kappa shape index (κ2) is 8.76. The highest BCUT2D eigenvalue weighted by Crippen LogP contribution is 2.27. The molecule has 3 heterocycles. The highest BCUT2D eigenvalue weighted by molar-refractivity contribution is 5.99. The molecule has 0 aliphatic carbocycles. The minimum absolute atomic E-state index is 0. The largest absolute Gasteiger partial charge is 0.451 e. The van der Waals surface area contributed by atoms with E-state index >= 15 is 0 Å². The fourth-order valence-corrected chi connectivity index (χ4v) is 3.69. The van der Waals surface area contributed by atoms with Gasteiger partial charge in [-0.2, -0.15) is 0 Å². The zero-order valence-electron chi connectivity index (χ0n) is 16.4. The van der Waals surface area contributed by atoms with Crippen molar-refractivity contribution in [1.82, 2.24) is 14.8 Å². The molecule has 0 radical (unpaired) electrons. The van der Waals surface area contributed by atoms with E-state index in [0.717, 1.165) is 61.2 Å². The third kappa shape index (κ3) is 4.21. The molecule has 0 spiro atoms. The molecule has 0 bridgehead atoms. The van der Waals surface area contributed by atoms with Crippen molar-refractivity contribution in [2.24, 2.45) is 0 Å². The average molecular weight is 400 g/mol. The zero-order chi connectivity index (χ0) is 18.8. The third-order valence-corrected chi connectivity index (χ3v) is 5.41. The Morgan fingerprint density at radius 3 is 2.50 bits per heavy atom. The van der Waals surface area contributed by atoms with E-state index < -0.39 is 0 Å². The first kappa shape index (κ1) is 20.4. The minimum atomic E-state index is 0. The van der Waals surface area contributed by atoms with Crippen molar-refractivity contribution in [2.75, 3.05) is 32.7 Å². The first-order chi connectivity index (χ1) is 13.1. The van der Waals surface area contributed by atoms with Gasteiger partial charge in [-0.15, -0.1) is 12.4 Å². The van der Waals surface area contributed by atoms with E-state index in [1.807, 2.05) is 43.3 Å². The molecule has 1 aromatic carbocycles. The van der Waals surface area contributed by atoms with Crippen LogP contribution in [0.3, 0.4) is 0 Å². The summed E-state index contributed by atoms with van der Waals surface area (Å²) in [6.45, 7) is 8.29. The fourth-order valence-electron chi connectivity index (χ4n) is 3.69. The van der Waals surface area contributed by atoms with Crippen LogP contribution in [0.25, 0.3) is 11.0 Å². The van der Waals surface area contributed by atoms with Crippen molar-refractivity contribution in [1.29, 1.82) is 0 Å². The smallest absolute Gasteiger partial charge is 0.289 e. The van der Waals surface area contributed by atoms with E-state index in [1.165, 1.54) is 5.56 Å². The van der Waals surface area contributed by atoms with Gasteiger partial charge in [0.05, 0.1) is 0 Å². The molecular weight excluding hydrogens is 374 g/mol. The van der Waals surface area contributed by atoms with Crippen LogP contribution in [-0.2, 0) is 6.42 Å². The summed E-state index contributed by atoms with van der Waals surface area (Å²) in [5, 5.41) is 1.03. The van der Waals surface area contributed by atoms with Crippen molar-refractivity contribution in [3.8, 4) is 0 Å². The molecule has 6 heteroatoms. The number of aromatic nitrogens is 1. The van der Waals surface area contributed by atoms with Crippen LogP contribution < -0.4 is 0 Å². The molecule has 0 unspecified atom stereocenters. The molecule has 0 N–H and O–H groups in total. The molecule has 0 atom stereocenters. The summed E-state index contributed by atoms with van der Waals surface area (Å²) in [6, 6.07) is 10.2. The molecule has 1 aliphatic rings. The van der Waals surface area contributed by atoms with Crippen molar-refractivity contribution in [2.45, 2.75) is 20.3 Å². The fraction of sp³-hybridized carbons (Fsp3) is 0.364. The highest BCUT2D eigenvalue weighted by atomic mass is 35.5. The lowest BCUT2D eigenvalue weighted by atomic mass is 10.1. The Bertz CT molecular complexity index is 947. The van der Waals surface area contributed by atoms with Crippen LogP contribution in [0.5, 0.6) is 0 Å². The Morgan fingerprint density at radius 1 is 1.07 bits per heavy atom. The molecule has 28 heavy (non-hydrogen) atoms. The van der Waals surface area contributed by atoms with Gasteiger partial charge in [0, 0.05) is 56.1 Å². The summed E-state index contributed by atoms with van der Waals surface area (Å²) in [7, 11) is 0. The summed E-state index contributed by atoms with van der Waals surface area (Å²) < 4.78 is 5.92. The van der Waals surface area contributed by atoms with E-state index in [1.54, 1.807) is 0 Å². The van der Waals surface area contributed by atoms with Crippen LogP contribution in [0.2, 0.25) is 0 Å². The number of nitrogens with zero attached hydrogens (tertiary/aromatic N) is 3. The van der Waals surface area contributed by atoms with Gasteiger partial charge in [0.15, 0.2) is 5.76 Å². The average Bonchev–Trinajstić information content (AvgIpc) is 3.02. The first-order valence-corrected chi connectivity index (χ1v) is 9.52. The Morgan fingerprint density at radius 2 is 1.79 bits per heavy atom. The number of furan rings is 1. The monoisotopic (exact) mass is 399 g/mol. The van der Waals surface area contributed by atoms with Crippen LogP contribution in [0.4, 0.5) is 0 Å². The quantitative estimate of drug-likeness (QED) is 0.668. The van der Waals surface area contributed by atoms with Crippen LogP contribution in [-0.4, -0.2) is 53.4 Å². The normalized spacial score (nSPS) is 14.9. The number of carbonyl (C=O) groups excluding carboxylic acids is 1. The van der Waals surface area contributed by atoms with Crippen LogP contribution in [0.15, 0.2) is 47.1 Å². The molecule has 1 saturated heterocycles. The summed E-state index contributed by atoms with van der Waals surface area (Å²) in [6.07, 6.45) is 4.69. The van der Waals surface area contributed by atoms with Crippen molar-refractivity contribution in [3.63, 3.8) is 0 Å². The second-order valence-corrected chi connectivity index (χ2v) is 7.30. The zero-order valence-corrected chi connectivity index (χ0v) is 17.2. The van der Waals surface area contributed by atoms with Crippen LogP contribution in [0.1, 0.15) is 27.2 Å². The second-order valence-electron chi connectivity index (χ2n) is 7.30. The van der Waals surface area contributed by atoms with E-state index in [0.29, 0.717) is 5.76 Å². The molecule has 3 aromatic rings. The molecule has 5 nitrogen and oxygen atoms in total. The third-order valence-electron chi connectivity index (χ3n) is 5.41. The predicted octanol–water partition coefficient (Wildman–Crippen LogP) is 3.87. The van der Waals surface area contributed by atoms with Gasteiger partial charge in [0.2, 0.25) is 0 Å². The van der Waals surface area contributed by atoms with Gasteiger partial charge in [0.25, 0.3) is 5.91 Å². The molecule has 1 fully saturated rings. The lowest BCUT2D eigenvalue weighted by Gasteiger charge is -2.34. The molecule has 2 aromatic heterocycles. The van der Waals surface area contributed by atoms with Crippen LogP contribution in [0, 0.1) is 13.8 Å². The lowest BCUT2D eigenvalue weighted by molar-refractivity contribution is 0.0609. The summed E-state index contributed by atoms with van der Waals surface area (Å²) in [4.78, 5) is 21.4. The minimum Gasteiger partial charge on any atom is -0.451 e. The SMILES string of the molecule is Cc1ccc2c(C)c(C(=O)N3CCN(CCc4ccncc4)CC3)oc2c1.Cl. The summed E-state index contributed by atoms with van der Waals surface area (Å²) in [5.74, 6) is 0.496. The van der Waals surface area contributed by atoms with Crippen molar-refractivity contribution < 1.29 is 9.21 Å². The Labute approximate surface area is 171 Å². The number of halogens is 1. The number of hydrogen-bond donors (Lipinski definition) is 0. The van der Waals surface area contributed by atoms with E-state index in [4.69, 9.17) is 4.42 Å². The Balaban J connectivity index is 0.00000225. The maximum atomic E-state index is 13.0. The maximum Gasteiger partial charge on any atom is 0.289 e. The maximum absolute atomic E-state index is 13.0. The standard InChI is InChI=1S/C22H25N3O2.ClH/c1-16-3-4-19-17(2)21(27-20(19)15-16)22(26)25-13-11-24(12-14-25)10-7-18-5-8-23-9-6-18;/h3-6,8-9,15H,7,10-14H2,1-2H3;1H. The number of amides is 1. The van der Waals surface area contributed by atoms with Crippen LogP contribution >= 0.6 is 12.4 Å². The van der Waals surface area contributed by atoms with Gasteiger partial charge in [0.1, 0.15) is 5.58 Å². The summed E-state index contributed by atoms with van der Waals surface area (Å²) >= 11 is 0. The number of carbonyl (C=O) groups is 1. The van der Waals surface area contributed by atoms with Gasteiger partial charge < -0.3 is 9.32 Å². The number of benzene rings is 1. The van der Waals surface area contributed by atoms with Crippen molar-refractivity contribution >= 4 is 29.3 Å². The van der Waals surface area contributed by atoms with Gasteiger partial charge in [-0.1, -0.05) is 12.1 Å². The van der Waals surface area contributed by atoms with E-state index in [-0.39, 0.29) is 18.3 Å². The Kier molecular flexibility index (Phi) is 6.37. The number of fused-ring (bicyclic) bond motifs is 1. The molecule has 4 rings (SSSR count). The highest BCUT2D eigenvalue weighted by Gasteiger charge is 2.26. The number of piperazine rings is 1. The molecule has 1 amide bonds. The van der Waals surface area contributed by atoms with E-state index in [2.05, 4.69) is 28.1 Å². The molecular formula is C22H26ClN3O2. The summed E-state index contributed by atoms with van der Waals surface area (Å²) in [5.41, 5.74) is 4.18. The number of pyridine rings is 1. The van der Waals surface area contributed by atoms with Gasteiger partial charge >= 0.3 is 0 Å². The Hall–Kier alpha value is -2.37. The molecule has 1 aliphatic heterocycles. The number of hydrogen-bond acceptors (Lipinski definition) is 4. The molecule has 0 saturated carbocycles. The predicted molar refractivity (Wildman–Crippen MR) is 113 cm³/mol. The number of rotatable bonds is 4. The number of aryl methyl sites for hydroxylation is 2. The lowest BCUT2D eigenvalue weighted by Crippen LogP contribution is -2.49. The van der Waals surface area contributed by atoms with E-state index in [9.17, 15) is 4.79 Å². The van der Waals surface area contributed by atoms with Crippen molar-refractivity contribution in [3.05, 3.63) is 65.2 Å². The van der Waals surface area contributed by atoms with Gasteiger partial charge in [-0.3, -0.25) is 14.7 Å². The molecule has 148 valence electrons. The first-order valence-electron chi connectivity index (χ1n) is 9.52. The van der Waals surface area contributed by atoms with Gasteiger partial charge in [-0.25, -0.2) is 0 Å². The topological polar surface area (TPSA) is 49.6 Å². The van der Waals surface area contributed by atoms with Gasteiger partial charge in [-0.05, 0) is 49.6 Å².